The molecule has 0 aliphatic carbocycles. The van der Waals surface area contributed by atoms with E-state index < -0.39 is 0 Å². The molecule has 40 heavy (non-hydrogen) atoms. The number of fused-ring (bicyclic) bond motifs is 4. The Labute approximate surface area is 245 Å². The number of nitrogens with zero attached hydrogens (tertiary/aromatic N) is 3. The second kappa shape index (κ2) is 11.7. The van der Waals surface area contributed by atoms with Crippen LogP contribution >= 0.6 is 0 Å². The van der Waals surface area contributed by atoms with Gasteiger partial charge in [0.25, 0.3) is 0 Å². The number of ether oxygens (including phenoxy) is 1. The van der Waals surface area contributed by atoms with Gasteiger partial charge in [-0.3, -0.25) is 4.79 Å². The molecule has 2 aromatic heterocycles. The third-order valence-electron chi connectivity index (χ3n) is 7.93. The summed E-state index contributed by atoms with van der Waals surface area (Å²) < 4.78 is 12.1. The van der Waals surface area contributed by atoms with Gasteiger partial charge in [-0.25, -0.2) is 9.13 Å². The SMILES string of the molecule is COc1ccc(C(=O)C[n+]2cn(CCCCn3c4ccccc4c4ccccc43)c3cc(C)c(C)cc32)cc1.[Br-]. The predicted molar refractivity (Wildman–Crippen MR) is 158 cm³/mol. The van der Waals surface area contributed by atoms with Crippen molar-refractivity contribution in [1.29, 1.82) is 0 Å². The van der Waals surface area contributed by atoms with Crippen molar-refractivity contribution in [2.45, 2.75) is 46.3 Å². The summed E-state index contributed by atoms with van der Waals surface area (Å²) in [4.78, 5) is 13.2. The maximum Gasteiger partial charge on any atom is 0.245 e. The van der Waals surface area contributed by atoms with Gasteiger partial charge in [0.15, 0.2) is 17.6 Å². The van der Waals surface area contributed by atoms with Crippen LogP contribution in [0.5, 0.6) is 5.75 Å². The van der Waals surface area contributed by atoms with Crippen LogP contribution in [0.1, 0.15) is 34.3 Å². The van der Waals surface area contributed by atoms with Gasteiger partial charge < -0.3 is 26.3 Å². The molecule has 5 nitrogen and oxygen atoms in total. The van der Waals surface area contributed by atoms with E-state index in [0.717, 1.165) is 37.2 Å². The van der Waals surface area contributed by atoms with Crippen molar-refractivity contribution in [3.05, 3.63) is 108 Å². The van der Waals surface area contributed by atoms with E-state index in [2.05, 4.69) is 94.5 Å². The number of hydrogen-bond acceptors (Lipinski definition) is 2. The number of methoxy groups -OCH3 is 1. The van der Waals surface area contributed by atoms with Crippen molar-refractivity contribution in [2.24, 2.45) is 0 Å². The monoisotopic (exact) mass is 595 g/mol. The van der Waals surface area contributed by atoms with Crippen molar-refractivity contribution in [1.82, 2.24) is 9.13 Å². The van der Waals surface area contributed by atoms with E-state index in [1.165, 1.54) is 38.4 Å². The van der Waals surface area contributed by atoms with E-state index in [-0.39, 0.29) is 22.8 Å². The summed E-state index contributed by atoms with van der Waals surface area (Å²) in [6, 6.07) is 29.2. The lowest BCUT2D eigenvalue weighted by Gasteiger charge is -2.07. The number of aromatic nitrogens is 3. The molecule has 0 bridgehead atoms. The minimum Gasteiger partial charge on any atom is -1.00 e. The van der Waals surface area contributed by atoms with E-state index >= 15 is 0 Å². The van der Waals surface area contributed by atoms with E-state index in [0.29, 0.717) is 12.1 Å². The standard InChI is InChI=1S/C34H34N3O2.BrH/c1-24-20-32-33(21-25(24)2)36(22-34(38)26-14-16-27(39-3)17-15-26)23-35(32)18-8-9-19-37-30-12-6-4-10-28(30)29-11-5-7-13-31(29)37;/h4-7,10-17,20-21,23H,8-9,18-19,22H2,1-3H3;1H/q+1;/p-1. The van der Waals surface area contributed by atoms with Gasteiger partial charge in [-0.05, 0) is 86.3 Å². The zero-order valence-electron chi connectivity index (χ0n) is 23.2. The number of benzene rings is 4. The molecular formula is C34H34BrN3O2. The second-order valence-corrected chi connectivity index (χ2v) is 10.4. The first-order chi connectivity index (χ1) is 19.0. The Morgan fingerprint density at radius 3 is 2.02 bits per heavy atom. The lowest BCUT2D eigenvalue weighted by molar-refractivity contribution is -0.658. The highest BCUT2D eigenvalue weighted by atomic mass is 79.9. The molecule has 0 atom stereocenters. The van der Waals surface area contributed by atoms with Crippen LogP contribution in [0.4, 0.5) is 0 Å². The number of Topliss-reactive ketones (excluding diaryl/α,β-unsaturated/α-hetero) is 1. The number of carbonyl (C=O) groups is 1. The number of hydrogen-bond donors (Lipinski definition) is 0. The van der Waals surface area contributed by atoms with Crippen LogP contribution in [-0.2, 0) is 19.6 Å². The molecule has 0 saturated carbocycles. The summed E-state index contributed by atoms with van der Waals surface area (Å²) in [5.74, 6) is 0.842. The van der Waals surface area contributed by atoms with Gasteiger partial charge in [0.05, 0.1) is 13.7 Å². The number of ketones is 1. The van der Waals surface area contributed by atoms with Crippen LogP contribution < -0.4 is 26.3 Å². The van der Waals surface area contributed by atoms with Gasteiger partial charge in [-0.2, -0.15) is 0 Å². The highest BCUT2D eigenvalue weighted by Gasteiger charge is 2.20. The van der Waals surface area contributed by atoms with E-state index in [1.807, 2.05) is 24.3 Å². The minimum absolute atomic E-state index is 0. The molecule has 0 saturated heterocycles. The summed E-state index contributed by atoms with van der Waals surface area (Å²) in [5.41, 5.74) is 8.06. The van der Waals surface area contributed by atoms with E-state index in [1.54, 1.807) is 7.11 Å². The van der Waals surface area contributed by atoms with Crippen LogP contribution in [0.3, 0.4) is 0 Å². The van der Waals surface area contributed by atoms with Crippen LogP contribution in [-0.4, -0.2) is 22.0 Å². The quantitative estimate of drug-likeness (QED) is 0.144. The average Bonchev–Trinajstić information content (AvgIpc) is 3.46. The molecule has 6 rings (SSSR count). The molecule has 2 heterocycles. The lowest BCUT2D eigenvalue weighted by Crippen LogP contribution is -3.00. The van der Waals surface area contributed by atoms with Gasteiger partial charge in [-0.15, -0.1) is 0 Å². The molecule has 0 aliphatic rings. The molecule has 0 radical (unpaired) electrons. The number of carbonyl (C=O) groups excluding carboxylic acids is 1. The van der Waals surface area contributed by atoms with Crippen molar-refractivity contribution in [3.8, 4) is 5.75 Å². The first kappa shape index (κ1) is 27.7. The smallest absolute Gasteiger partial charge is 0.245 e. The van der Waals surface area contributed by atoms with Gasteiger partial charge in [0.1, 0.15) is 5.75 Å². The van der Waals surface area contributed by atoms with Crippen molar-refractivity contribution in [2.75, 3.05) is 7.11 Å². The number of para-hydroxylation sites is 2. The molecule has 4 aromatic carbocycles. The topological polar surface area (TPSA) is 40.0 Å². The Morgan fingerprint density at radius 2 is 1.38 bits per heavy atom. The average molecular weight is 597 g/mol. The predicted octanol–water partition coefficient (Wildman–Crippen LogP) is 4.03. The number of imidazole rings is 1. The summed E-state index contributed by atoms with van der Waals surface area (Å²) in [5, 5.41) is 2.64. The number of rotatable bonds is 9. The molecule has 0 spiro atoms. The Morgan fingerprint density at radius 1 is 0.775 bits per heavy atom. The first-order valence-corrected chi connectivity index (χ1v) is 13.7. The second-order valence-electron chi connectivity index (χ2n) is 10.4. The summed E-state index contributed by atoms with van der Waals surface area (Å²) in [7, 11) is 1.63. The van der Waals surface area contributed by atoms with Crippen molar-refractivity contribution >= 4 is 38.6 Å². The third kappa shape index (κ3) is 5.16. The minimum atomic E-state index is 0. The highest BCUT2D eigenvalue weighted by Crippen LogP contribution is 2.29. The Balaban J connectivity index is 0.00000323. The van der Waals surface area contributed by atoms with Gasteiger partial charge in [0.2, 0.25) is 12.1 Å². The van der Waals surface area contributed by atoms with E-state index in [4.69, 9.17) is 4.74 Å². The highest BCUT2D eigenvalue weighted by molar-refractivity contribution is 6.07. The molecule has 0 fully saturated rings. The molecule has 204 valence electrons. The van der Waals surface area contributed by atoms with Gasteiger partial charge >= 0.3 is 0 Å². The maximum absolute atomic E-state index is 13.2. The molecule has 0 aliphatic heterocycles. The summed E-state index contributed by atoms with van der Waals surface area (Å²) in [6.45, 7) is 6.47. The third-order valence-corrected chi connectivity index (χ3v) is 7.93. The number of unbranched alkanes of at least 4 members (excludes halogenated alkanes) is 1. The first-order valence-electron chi connectivity index (χ1n) is 13.7. The summed E-state index contributed by atoms with van der Waals surface area (Å²) >= 11 is 0. The molecule has 6 heteroatoms. The number of aryl methyl sites for hydroxylation is 4. The van der Waals surface area contributed by atoms with Crippen LogP contribution in [0, 0.1) is 13.8 Å². The lowest BCUT2D eigenvalue weighted by atomic mass is 10.1. The fourth-order valence-corrected chi connectivity index (χ4v) is 5.66. The molecule has 0 N–H and O–H groups in total. The maximum atomic E-state index is 13.2. The largest absolute Gasteiger partial charge is 1.00 e. The Hall–Kier alpha value is -3.90. The van der Waals surface area contributed by atoms with Gasteiger partial charge in [-0.1, -0.05) is 36.4 Å². The van der Waals surface area contributed by atoms with Crippen LogP contribution in [0.25, 0.3) is 32.8 Å². The van der Waals surface area contributed by atoms with Crippen molar-refractivity contribution in [3.63, 3.8) is 0 Å². The normalized spacial score (nSPS) is 11.3. The summed E-state index contributed by atoms with van der Waals surface area (Å²) in [6.07, 6.45) is 4.23. The molecule has 0 amide bonds. The fourth-order valence-electron chi connectivity index (χ4n) is 5.66. The Bertz CT molecular complexity index is 1760. The molecule has 0 unspecified atom stereocenters. The van der Waals surface area contributed by atoms with E-state index in [9.17, 15) is 4.79 Å². The number of halogens is 1. The van der Waals surface area contributed by atoms with Crippen molar-refractivity contribution < 1.29 is 31.1 Å². The fraction of sp³-hybridized carbons (Fsp3) is 0.235. The molecule has 6 aromatic rings. The molecular weight excluding hydrogens is 562 g/mol. The zero-order chi connectivity index (χ0) is 26.9. The Kier molecular flexibility index (Phi) is 8.08. The van der Waals surface area contributed by atoms with Crippen LogP contribution in [0.2, 0.25) is 0 Å². The van der Waals surface area contributed by atoms with Gasteiger partial charge in [0, 0.05) is 33.9 Å². The zero-order valence-corrected chi connectivity index (χ0v) is 24.8. The van der Waals surface area contributed by atoms with Crippen LogP contribution in [0.15, 0.2) is 91.3 Å².